The summed E-state index contributed by atoms with van der Waals surface area (Å²) in [5, 5.41) is 20.9. The number of phenolic OH excluding ortho intramolecular Hbond substituents is 1. The third kappa shape index (κ3) is 3.08. The van der Waals surface area contributed by atoms with Crippen molar-refractivity contribution in [1.82, 2.24) is 0 Å². The second-order valence-corrected chi connectivity index (χ2v) is 3.97. The molecule has 1 N–H and O–H groups in total. The minimum atomic E-state index is -1.26. The number of hydrogen-bond donors (Lipinski definition) is 1. The van der Waals surface area contributed by atoms with E-state index in [1.165, 1.54) is 18.2 Å². The maximum atomic E-state index is 10.7. The quantitative estimate of drug-likeness (QED) is 0.705. The Hall–Kier alpha value is -1.40. The van der Waals surface area contributed by atoms with Gasteiger partial charge in [-0.1, -0.05) is 29.8 Å². The molecule has 0 aliphatic carbocycles. The standard InChI is InChI=1S/C13H9ClO3.Li/c14-10-4-5-12(15)11(7-10)8-2-1-3-9(6-8)13(16)17;/h1-7,15H,(H,16,17);/q;+1/p-1. The average Bonchev–Trinajstić information content (AvgIpc) is 2.32. The molecule has 86 valence electrons. The van der Waals surface area contributed by atoms with Gasteiger partial charge < -0.3 is 15.0 Å². The van der Waals surface area contributed by atoms with Crippen molar-refractivity contribution in [2.24, 2.45) is 0 Å². The van der Waals surface area contributed by atoms with Crippen LogP contribution in [0.3, 0.4) is 0 Å². The number of carboxylic acid groups (broad SMARTS) is 1. The fourth-order valence-corrected chi connectivity index (χ4v) is 1.73. The number of aromatic carboxylic acids is 1. The third-order valence-electron chi connectivity index (χ3n) is 2.37. The van der Waals surface area contributed by atoms with E-state index in [4.69, 9.17) is 11.6 Å². The predicted octanol–water partition coefficient (Wildman–Crippen LogP) is -0.920. The molecule has 2 aromatic carbocycles. The molecule has 0 unspecified atom stereocenters. The Labute approximate surface area is 121 Å². The van der Waals surface area contributed by atoms with Gasteiger partial charge in [-0.15, -0.1) is 0 Å². The maximum Gasteiger partial charge on any atom is 1.00 e. The summed E-state index contributed by atoms with van der Waals surface area (Å²) in [7, 11) is 0. The van der Waals surface area contributed by atoms with Crippen LogP contribution in [-0.2, 0) is 0 Å². The predicted molar refractivity (Wildman–Crippen MR) is 62.9 cm³/mol. The molecule has 0 bridgehead atoms. The van der Waals surface area contributed by atoms with E-state index in [1.807, 2.05) is 0 Å². The van der Waals surface area contributed by atoms with Crippen molar-refractivity contribution in [2.75, 3.05) is 0 Å². The van der Waals surface area contributed by atoms with Crippen LogP contribution in [0.1, 0.15) is 10.4 Å². The Morgan fingerprint density at radius 3 is 2.56 bits per heavy atom. The van der Waals surface area contributed by atoms with E-state index in [1.54, 1.807) is 24.3 Å². The van der Waals surface area contributed by atoms with Gasteiger partial charge in [-0.25, -0.2) is 0 Å². The SMILES string of the molecule is O=C([O-])c1cccc(-c2cc(Cl)ccc2O)c1.[Li+]. The molecule has 0 spiro atoms. The molecule has 0 aromatic heterocycles. The Morgan fingerprint density at radius 2 is 1.89 bits per heavy atom. The number of carboxylic acids is 1. The molecule has 0 saturated carbocycles. The van der Waals surface area contributed by atoms with Crippen molar-refractivity contribution >= 4 is 17.6 Å². The van der Waals surface area contributed by atoms with Crippen molar-refractivity contribution in [2.45, 2.75) is 0 Å². The largest absolute Gasteiger partial charge is 1.00 e. The minimum absolute atomic E-state index is 0. The van der Waals surface area contributed by atoms with Gasteiger partial charge in [0.25, 0.3) is 0 Å². The van der Waals surface area contributed by atoms with Crippen molar-refractivity contribution in [3.05, 3.63) is 53.1 Å². The first kappa shape index (κ1) is 14.7. The molecule has 2 aromatic rings. The first-order chi connectivity index (χ1) is 8.08. The zero-order valence-corrected chi connectivity index (χ0v) is 10.4. The van der Waals surface area contributed by atoms with E-state index in [9.17, 15) is 15.0 Å². The van der Waals surface area contributed by atoms with Crippen molar-refractivity contribution < 1.29 is 33.9 Å². The number of halogens is 1. The average molecular weight is 255 g/mol. The van der Waals surface area contributed by atoms with E-state index in [-0.39, 0.29) is 30.2 Å². The van der Waals surface area contributed by atoms with Crippen LogP contribution < -0.4 is 24.0 Å². The molecule has 0 atom stereocenters. The maximum absolute atomic E-state index is 10.7. The van der Waals surface area contributed by atoms with Gasteiger partial charge in [-0.2, -0.15) is 0 Å². The summed E-state index contributed by atoms with van der Waals surface area (Å²) in [5.41, 5.74) is 1.12. The van der Waals surface area contributed by atoms with Crippen molar-refractivity contribution in [1.29, 1.82) is 0 Å². The molecular weight excluding hydrogens is 247 g/mol. The molecule has 0 radical (unpaired) electrons. The van der Waals surface area contributed by atoms with E-state index in [0.29, 0.717) is 16.1 Å². The van der Waals surface area contributed by atoms with Crippen LogP contribution in [0.2, 0.25) is 5.02 Å². The second-order valence-electron chi connectivity index (χ2n) is 3.53. The number of benzene rings is 2. The number of rotatable bonds is 2. The van der Waals surface area contributed by atoms with Crippen LogP contribution in [0.5, 0.6) is 5.75 Å². The second kappa shape index (κ2) is 5.97. The zero-order chi connectivity index (χ0) is 12.4. The van der Waals surface area contributed by atoms with Crippen LogP contribution in [0.15, 0.2) is 42.5 Å². The third-order valence-corrected chi connectivity index (χ3v) is 2.60. The van der Waals surface area contributed by atoms with Gasteiger partial charge >= 0.3 is 18.9 Å². The van der Waals surface area contributed by atoms with Gasteiger partial charge in [0.05, 0.1) is 5.97 Å². The molecule has 2 rings (SSSR count). The Morgan fingerprint density at radius 1 is 1.17 bits per heavy atom. The van der Waals surface area contributed by atoms with E-state index < -0.39 is 5.97 Å². The fraction of sp³-hybridized carbons (Fsp3) is 0. The summed E-state index contributed by atoms with van der Waals surface area (Å²) >= 11 is 5.83. The van der Waals surface area contributed by atoms with Crippen LogP contribution >= 0.6 is 11.6 Å². The van der Waals surface area contributed by atoms with E-state index in [2.05, 4.69) is 0 Å². The molecule has 0 fully saturated rings. The molecule has 3 nitrogen and oxygen atoms in total. The van der Waals surface area contributed by atoms with Gasteiger partial charge in [0, 0.05) is 10.6 Å². The van der Waals surface area contributed by atoms with Gasteiger partial charge in [0.15, 0.2) is 0 Å². The number of phenols is 1. The normalized spacial score (nSPS) is 9.61. The first-order valence-corrected chi connectivity index (χ1v) is 5.26. The van der Waals surface area contributed by atoms with Gasteiger partial charge in [-0.3, -0.25) is 0 Å². The molecule has 0 heterocycles. The van der Waals surface area contributed by atoms with E-state index >= 15 is 0 Å². The van der Waals surface area contributed by atoms with Crippen molar-refractivity contribution in [3.8, 4) is 16.9 Å². The molecule has 0 aliphatic heterocycles. The van der Waals surface area contributed by atoms with Crippen molar-refractivity contribution in [3.63, 3.8) is 0 Å². The molecule has 5 heteroatoms. The van der Waals surface area contributed by atoms with Gasteiger partial charge in [0.2, 0.25) is 0 Å². The molecule has 18 heavy (non-hydrogen) atoms. The monoisotopic (exact) mass is 254 g/mol. The summed E-state index contributed by atoms with van der Waals surface area (Å²) in [6, 6.07) is 10.7. The number of carbonyl (C=O) groups is 1. The number of aromatic hydroxyl groups is 1. The van der Waals surface area contributed by atoms with Crippen LogP contribution in [0.25, 0.3) is 11.1 Å². The summed E-state index contributed by atoms with van der Waals surface area (Å²) in [6.07, 6.45) is 0. The van der Waals surface area contributed by atoms with Crippen LogP contribution in [-0.4, -0.2) is 11.1 Å². The van der Waals surface area contributed by atoms with Crippen LogP contribution in [0.4, 0.5) is 0 Å². The van der Waals surface area contributed by atoms with Gasteiger partial charge in [0.1, 0.15) is 5.75 Å². The number of hydrogen-bond acceptors (Lipinski definition) is 3. The molecule has 0 aliphatic rings. The summed E-state index contributed by atoms with van der Waals surface area (Å²) in [5.74, 6) is -1.21. The van der Waals surface area contributed by atoms with Crippen LogP contribution in [0, 0.1) is 0 Å². The fourth-order valence-electron chi connectivity index (χ4n) is 1.55. The smallest absolute Gasteiger partial charge is 0.545 e. The first-order valence-electron chi connectivity index (χ1n) is 4.88. The topological polar surface area (TPSA) is 60.4 Å². The summed E-state index contributed by atoms with van der Waals surface area (Å²) in [4.78, 5) is 10.7. The van der Waals surface area contributed by atoms with Gasteiger partial charge in [-0.05, 0) is 35.4 Å². The Bertz CT molecular complexity index is 584. The zero-order valence-electron chi connectivity index (χ0n) is 9.68. The Kier molecular flexibility index (Phi) is 4.86. The molecule has 0 amide bonds. The Balaban J connectivity index is 0.00000162. The molecule has 0 saturated heterocycles. The molecular formula is C13H8ClLiO3. The number of carbonyl (C=O) groups excluding carboxylic acids is 1. The summed E-state index contributed by atoms with van der Waals surface area (Å²) < 4.78 is 0. The van der Waals surface area contributed by atoms with E-state index in [0.717, 1.165) is 0 Å². The summed E-state index contributed by atoms with van der Waals surface area (Å²) in [6.45, 7) is 0. The minimum Gasteiger partial charge on any atom is -0.545 e.